The summed E-state index contributed by atoms with van der Waals surface area (Å²) < 4.78 is 31.9. The van der Waals surface area contributed by atoms with Crippen LogP contribution in [0.5, 0.6) is 5.88 Å². The zero-order chi connectivity index (χ0) is 15.5. The van der Waals surface area contributed by atoms with Crippen LogP contribution in [0.1, 0.15) is 6.42 Å². The maximum Gasteiger partial charge on any atom is 0.374 e. The van der Waals surface area contributed by atoms with Gasteiger partial charge in [0.15, 0.2) is 0 Å². The third-order valence-electron chi connectivity index (χ3n) is 2.62. The molecule has 0 amide bonds. The number of aliphatic carboxylic acids is 1. The molecule has 0 spiro atoms. The van der Waals surface area contributed by atoms with Crippen LogP contribution in [0.4, 0.5) is 8.78 Å². The lowest BCUT2D eigenvalue weighted by Crippen LogP contribution is -2.29. The molecule has 8 nitrogen and oxygen atoms in total. The van der Waals surface area contributed by atoms with E-state index < -0.39 is 18.3 Å². The van der Waals surface area contributed by atoms with Gasteiger partial charge in [-0.2, -0.15) is 8.78 Å². The molecule has 2 rings (SSSR count). The molecule has 0 aliphatic carbocycles. The molecule has 112 valence electrons. The average molecular weight is 299 g/mol. The summed E-state index contributed by atoms with van der Waals surface area (Å²) in [6.45, 7) is -0.282. The number of carboxylic acid groups (broad SMARTS) is 1. The highest BCUT2D eigenvalue weighted by molar-refractivity contribution is 5.75. The fourth-order valence-electron chi connectivity index (χ4n) is 1.45. The van der Waals surface area contributed by atoms with Crippen molar-refractivity contribution in [2.75, 3.05) is 7.11 Å². The second-order valence-electron chi connectivity index (χ2n) is 4.09. The Morgan fingerprint density at radius 3 is 2.67 bits per heavy atom. The lowest BCUT2D eigenvalue weighted by molar-refractivity contribution is -0.166. The lowest BCUT2D eigenvalue weighted by Gasteiger charge is -2.09. The highest BCUT2D eigenvalue weighted by Crippen LogP contribution is 2.20. The highest BCUT2D eigenvalue weighted by atomic mass is 19.3. The molecule has 0 bridgehead atoms. The van der Waals surface area contributed by atoms with Gasteiger partial charge in [-0.3, -0.25) is 4.68 Å². The molecule has 0 aliphatic rings. The molecular weight excluding hydrogens is 288 g/mol. The standard InChI is InChI=1S/C11H11F2N5O3/c1-21-9-3-2-7(14-16-9)8-6-18(17-15-8)5-4-11(12,13)10(19)20/h2-3,6H,4-5H2,1H3,(H,19,20). The maximum absolute atomic E-state index is 12.9. The maximum atomic E-state index is 12.9. The Morgan fingerprint density at radius 2 is 2.10 bits per heavy atom. The summed E-state index contributed by atoms with van der Waals surface area (Å²) in [4.78, 5) is 10.3. The molecule has 2 heterocycles. The number of aromatic nitrogens is 5. The fourth-order valence-corrected chi connectivity index (χ4v) is 1.45. The van der Waals surface area contributed by atoms with E-state index in [0.29, 0.717) is 17.3 Å². The summed E-state index contributed by atoms with van der Waals surface area (Å²) in [5, 5.41) is 23.3. The summed E-state index contributed by atoms with van der Waals surface area (Å²) in [5.74, 6) is -5.64. The monoisotopic (exact) mass is 299 g/mol. The van der Waals surface area contributed by atoms with E-state index in [1.807, 2.05) is 0 Å². The number of alkyl halides is 2. The zero-order valence-corrected chi connectivity index (χ0v) is 10.9. The van der Waals surface area contributed by atoms with E-state index in [9.17, 15) is 13.6 Å². The van der Waals surface area contributed by atoms with Crippen molar-refractivity contribution >= 4 is 5.97 Å². The first-order chi connectivity index (χ1) is 9.92. The van der Waals surface area contributed by atoms with Crippen LogP contribution >= 0.6 is 0 Å². The molecule has 0 aliphatic heterocycles. The topological polar surface area (TPSA) is 103 Å². The van der Waals surface area contributed by atoms with Crippen LogP contribution in [0.3, 0.4) is 0 Å². The summed E-state index contributed by atoms with van der Waals surface area (Å²) >= 11 is 0. The summed E-state index contributed by atoms with van der Waals surface area (Å²) in [5.41, 5.74) is 0.732. The summed E-state index contributed by atoms with van der Waals surface area (Å²) in [6, 6.07) is 3.16. The average Bonchev–Trinajstić information content (AvgIpc) is 2.94. The molecule has 0 unspecified atom stereocenters. The Hall–Kier alpha value is -2.65. The van der Waals surface area contributed by atoms with E-state index in [1.54, 1.807) is 12.1 Å². The zero-order valence-electron chi connectivity index (χ0n) is 10.9. The van der Waals surface area contributed by atoms with Crippen LogP contribution in [0.15, 0.2) is 18.3 Å². The fraction of sp³-hybridized carbons (Fsp3) is 0.364. The molecule has 0 radical (unpaired) electrons. The molecule has 0 aromatic carbocycles. The van der Waals surface area contributed by atoms with Gasteiger partial charge in [0.1, 0.15) is 11.4 Å². The number of aryl methyl sites for hydroxylation is 1. The SMILES string of the molecule is COc1ccc(-c2cn(CCC(F)(F)C(=O)O)nn2)nn1. The van der Waals surface area contributed by atoms with Crippen LogP contribution < -0.4 is 4.74 Å². The van der Waals surface area contributed by atoms with Gasteiger partial charge in [0.2, 0.25) is 5.88 Å². The van der Waals surface area contributed by atoms with Gasteiger partial charge in [-0.05, 0) is 6.07 Å². The smallest absolute Gasteiger partial charge is 0.374 e. The predicted octanol–water partition coefficient (Wildman–Crippen LogP) is 0.854. The molecule has 2 aromatic heterocycles. The summed E-state index contributed by atoms with van der Waals surface area (Å²) in [6.07, 6.45) is 0.508. The number of hydrogen-bond donors (Lipinski definition) is 1. The molecule has 0 fully saturated rings. The lowest BCUT2D eigenvalue weighted by atomic mass is 10.2. The molecule has 1 N–H and O–H groups in total. The summed E-state index contributed by atoms with van der Waals surface area (Å²) in [7, 11) is 1.45. The number of carboxylic acids is 1. The van der Waals surface area contributed by atoms with Crippen molar-refractivity contribution in [3.8, 4) is 17.3 Å². The van der Waals surface area contributed by atoms with E-state index in [2.05, 4.69) is 20.5 Å². The van der Waals surface area contributed by atoms with Crippen LogP contribution in [-0.2, 0) is 11.3 Å². The highest BCUT2D eigenvalue weighted by Gasteiger charge is 2.38. The molecular formula is C11H11F2N5O3. The van der Waals surface area contributed by atoms with E-state index in [1.165, 1.54) is 13.3 Å². The first kappa shape index (κ1) is 14.8. The van der Waals surface area contributed by atoms with E-state index in [0.717, 1.165) is 4.68 Å². The molecule has 0 saturated carbocycles. The van der Waals surface area contributed by atoms with Crippen molar-refractivity contribution in [3.63, 3.8) is 0 Å². The van der Waals surface area contributed by atoms with Crippen LogP contribution in [0.2, 0.25) is 0 Å². The normalized spacial score (nSPS) is 11.4. The number of nitrogens with zero attached hydrogens (tertiary/aromatic N) is 5. The number of ether oxygens (including phenoxy) is 1. The third kappa shape index (κ3) is 3.46. The Balaban J connectivity index is 2.05. The number of halogens is 2. The van der Waals surface area contributed by atoms with E-state index >= 15 is 0 Å². The van der Waals surface area contributed by atoms with Gasteiger partial charge in [-0.1, -0.05) is 5.21 Å². The number of methoxy groups -OCH3 is 1. The molecule has 0 atom stereocenters. The van der Waals surface area contributed by atoms with Crippen LogP contribution in [0.25, 0.3) is 11.4 Å². The second-order valence-corrected chi connectivity index (χ2v) is 4.09. The largest absolute Gasteiger partial charge is 0.480 e. The minimum Gasteiger partial charge on any atom is -0.480 e. The number of hydrogen-bond acceptors (Lipinski definition) is 6. The van der Waals surface area contributed by atoms with Gasteiger partial charge in [0, 0.05) is 19.0 Å². The van der Waals surface area contributed by atoms with Gasteiger partial charge in [0.05, 0.1) is 13.3 Å². The Kier molecular flexibility index (Phi) is 4.05. The van der Waals surface area contributed by atoms with E-state index in [4.69, 9.17) is 9.84 Å². The van der Waals surface area contributed by atoms with Crippen molar-refractivity contribution in [1.29, 1.82) is 0 Å². The molecule has 2 aromatic rings. The Labute approximate surface area is 117 Å². The predicted molar refractivity (Wildman–Crippen MR) is 64.8 cm³/mol. The molecule has 10 heteroatoms. The minimum atomic E-state index is -3.80. The van der Waals surface area contributed by atoms with Gasteiger partial charge in [-0.25, -0.2) is 4.79 Å². The molecule has 0 saturated heterocycles. The minimum absolute atomic E-state index is 0.282. The van der Waals surface area contributed by atoms with E-state index in [-0.39, 0.29) is 6.54 Å². The quantitative estimate of drug-likeness (QED) is 0.843. The number of rotatable bonds is 6. The molecule has 21 heavy (non-hydrogen) atoms. The second kappa shape index (κ2) is 5.77. The van der Waals surface area contributed by atoms with Gasteiger partial charge in [0.25, 0.3) is 0 Å². The first-order valence-corrected chi connectivity index (χ1v) is 5.82. The van der Waals surface area contributed by atoms with Gasteiger partial charge >= 0.3 is 11.9 Å². The van der Waals surface area contributed by atoms with Crippen molar-refractivity contribution in [2.24, 2.45) is 0 Å². The van der Waals surface area contributed by atoms with Gasteiger partial charge in [-0.15, -0.1) is 15.3 Å². The van der Waals surface area contributed by atoms with Crippen molar-refractivity contribution in [3.05, 3.63) is 18.3 Å². The van der Waals surface area contributed by atoms with Gasteiger partial charge < -0.3 is 9.84 Å². The number of carbonyl (C=O) groups is 1. The Bertz CT molecular complexity index is 629. The Morgan fingerprint density at radius 1 is 1.33 bits per heavy atom. The van der Waals surface area contributed by atoms with Crippen molar-refractivity contribution in [1.82, 2.24) is 25.2 Å². The van der Waals surface area contributed by atoms with Crippen LogP contribution in [0, 0.1) is 0 Å². The van der Waals surface area contributed by atoms with Crippen LogP contribution in [-0.4, -0.2) is 49.3 Å². The third-order valence-corrected chi connectivity index (χ3v) is 2.62. The first-order valence-electron chi connectivity index (χ1n) is 5.82. The van der Waals surface area contributed by atoms with Crippen molar-refractivity contribution in [2.45, 2.75) is 18.9 Å². The van der Waals surface area contributed by atoms with Crippen molar-refractivity contribution < 1.29 is 23.4 Å².